The standard InChI is InChI=1S/C53H97NO5/c1-3-5-7-9-11-13-15-17-19-20-22-24-26-31-35-39-43-47-53(58)59-48-44-40-36-32-28-27-30-34-38-42-46-52(57)54-50(49-55)51(56)45-41-37-33-29-25-23-21-18-16-14-12-10-8-6-4-2/h11,13,17,19,28,32,41,45,50-51,55-56H,3-10,12,14-16,18,20-27,29-31,33-40,42-44,46-49H2,1-2H3,(H,54,57)/b13-11-,19-17-,32-28-,45-41+. The van der Waals surface area contributed by atoms with Gasteiger partial charge < -0.3 is 20.3 Å². The number of allylic oxidation sites excluding steroid dienone is 7. The lowest BCUT2D eigenvalue weighted by Gasteiger charge is -2.20. The number of esters is 1. The van der Waals surface area contributed by atoms with Crippen LogP contribution >= 0.6 is 0 Å². The van der Waals surface area contributed by atoms with Gasteiger partial charge in [-0.2, -0.15) is 0 Å². The molecule has 0 saturated carbocycles. The molecule has 0 saturated heterocycles. The summed E-state index contributed by atoms with van der Waals surface area (Å²) in [6.07, 6.45) is 59.6. The van der Waals surface area contributed by atoms with Crippen LogP contribution < -0.4 is 5.32 Å². The molecule has 0 fully saturated rings. The van der Waals surface area contributed by atoms with Gasteiger partial charge in [0.2, 0.25) is 5.91 Å². The van der Waals surface area contributed by atoms with E-state index in [1.165, 1.54) is 141 Å². The number of aliphatic hydroxyl groups excluding tert-OH is 2. The van der Waals surface area contributed by atoms with Gasteiger partial charge in [0, 0.05) is 12.8 Å². The van der Waals surface area contributed by atoms with Crippen LogP contribution in [0.3, 0.4) is 0 Å². The van der Waals surface area contributed by atoms with Crippen LogP contribution in [0.25, 0.3) is 0 Å². The quantitative estimate of drug-likeness (QED) is 0.0323. The minimum Gasteiger partial charge on any atom is -0.466 e. The Kier molecular flexibility index (Phi) is 46.7. The highest BCUT2D eigenvalue weighted by atomic mass is 16.5. The zero-order chi connectivity index (χ0) is 43.0. The zero-order valence-electron chi connectivity index (χ0n) is 39.0. The van der Waals surface area contributed by atoms with Crippen molar-refractivity contribution in [2.24, 2.45) is 0 Å². The number of nitrogens with one attached hydrogen (secondary N) is 1. The van der Waals surface area contributed by atoms with E-state index < -0.39 is 12.1 Å². The van der Waals surface area contributed by atoms with Crippen LogP contribution in [0.2, 0.25) is 0 Å². The fourth-order valence-electron chi connectivity index (χ4n) is 7.36. The first-order chi connectivity index (χ1) is 29.0. The van der Waals surface area contributed by atoms with Crippen LogP contribution in [0.1, 0.15) is 251 Å². The monoisotopic (exact) mass is 828 g/mol. The second kappa shape index (κ2) is 48.5. The molecular formula is C53H97NO5. The van der Waals surface area contributed by atoms with Crippen molar-refractivity contribution < 1.29 is 24.5 Å². The minimum atomic E-state index is -0.867. The molecular weight excluding hydrogens is 731 g/mol. The van der Waals surface area contributed by atoms with Gasteiger partial charge in [-0.1, -0.05) is 197 Å². The Labute approximate surface area is 366 Å². The van der Waals surface area contributed by atoms with Crippen LogP contribution in [0, 0.1) is 0 Å². The molecule has 0 aliphatic rings. The maximum Gasteiger partial charge on any atom is 0.305 e. The smallest absolute Gasteiger partial charge is 0.305 e. The lowest BCUT2D eigenvalue weighted by molar-refractivity contribution is -0.143. The highest BCUT2D eigenvalue weighted by Crippen LogP contribution is 2.14. The van der Waals surface area contributed by atoms with Crippen molar-refractivity contribution in [3.63, 3.8) is 0 Å². The molecule has 2 atom stereocenters. The highest BCUT2D eigenvalue weighted by molar-refractivity contribution is 5.76. The molecule has 6 heteroatoms. The van der Waals surface area contributed by atoms with Crippen molar-refractivity contribution in [2.75, 3.05) is 13.2 Å². The summed E-state index contributed by atoms with van der Waals surface area (Å²) in [7, 11) is 0. The lowest BCUT2D eigenvalue weighted by Crippen LogP contribution is -2.45. The first-order valence-corrected chi connectivity index (χ1v) is 25.4. The largest absolute Gasteiger partial charge is 0.466 e. The van der Waals surface area contributed by atoms with Gasteiger partial charge in [0.15, 0.2) is 0 Å². The molecule has 1 amide bonds. The van der Waals surface area contributed by atoms with Crippen molar-refractivity contribution in [3.05, 3.63) is 48.6 Å². The van der Waals surface area contributed by atoms with Gasteiger partial charge in [-0.3, -0.25) is 9.59 Å². The van der Waals surface area contributed by atoms with E-state index in [-0.39, 0.29) is 18.5 Å². The van der Waals surface area contributed by atoms with E-state index in [2.05, 4.69) is 55.6 Å². The molecule has 0 rings (SSSR count). The van der Waals surface area contributed by atoms with Gasteiger partial charge in [0.1, 0.15) is 0 Å². The number of unbranched alkanes of at least 4 members (excludes halogenated alkanes) is 29. The van der Waals surface area contributed by atoms with Gasteiger partial charge in [-0.15, -0.1) is 0 Å². The third-order valence-corrected chi connectivity index (χ3v) is 11.3. The van der Waals surface area contributed by atoms with E-state index in [0.29, 0.717) is 19.4 Å². The number of carbonyl (C=O) groups is 2. The Bertz CT molecular complexity index is 1000. The Hall–Kier alpha value is -2.18. The van der Waals surface area contributed by atoms with Crippen LogP contribution in [-0.4, -0.2) is 47.4 Å². The number of rotatable bonds is 46. The molecule has 6 nitrogen and oxygen atoms in total. The Morgan fingerprint density at radius 2 is 0.847 bits per heavy atom. The SMILES string of the molecule is CCCCC/C=C\C/C=C\CCCCCCCCCC(=O)OCCCC/C=C\CCCCCCC(=O)NC(CO)C(O)/C=C/CCCCCCCCCCCCCCC. The van der Waals surface area contributed by atoms with Gasteiger partial charge in [-0.05, 0) is 89.9 Å². The summed E-state index contributed by atoms with van der Waals surface area (Å²) >= 11 is 0. The minimum absolute atomic E-state index is 0.0471. The van der Waals surface area contributed by atoms with Crippen molar-refractivity contribution in [3.8, 4) is 0 Å². The lowest BCUT2D eigenvalue weighted by atomic mass is 10.0. The molecule has 0 aromatic rings. The molecule has 59 heavy (non-hydrogen) atoms. The maximum atomic E-state index is 12.4. The molecule has 0 spiro atoms. The Balaban J connectivity index is 3.58. The van der Waals surface area contributed by atoms with Crippen molar-refractivity contribution >= 4 is 11.9 Å². The van der Waals surface area contributed by atoms with Crippen LogP contribution in [0.5, 0.6) is 0 Å². The number of hydrogen-bond acceptors (Lipinski definition) is 5. The predicted molar refractivity (Wildman–Crippen MR) is 255 cm³/mol. The van der Waals surface area contributed by atoms with Gasteiger partial charge >= 0.3 is 5.97 Å². The molecule has 0 radical (unpaired) electrons. The summed E-state index contributed by atoms with van der Waals surface area (Å²) in [5.41, 5.74) is 0. The van der Waals surface area contributed by atoms with Crippen LogP contribution in [0.15, 0.2) is 48.6 Å². The number of carbonyl (C=O) groups excluding carboxylic acids is 2. The van der Waals surface area contributed by atoms with E-state index in [0.717, 1.165) is 83.5 Å². The molecule has 2 unspecified atom stereocenters. The Morgan fingerprint density at radius 3 is 1.34 bits per heavy atom. The molecule has 0 aromatic carbocycles. The summed E-state index contributed by atoms with van der Waals surface area (Å²) in [6, 6.07) is -0.654. The van der Waals surface area contributed by atoms with Crippen molar-refractivity contribution in [1.29, 1.82) is 0 Å². The number of aliphatic hydroxyl groups is 2. The van der Waals surface area contributed by atoms with E-state index in [9.17, 15) is 19.8 Å². The predicted octanol–water partition coefficient (Wildman–Crippen LogP) is 15.1. The summed E-state index contributed by atoms with van der Waals surface area (Å²) < 4.78 is 5.43. The van der Waals surface area contributed by atoms with Gasteiger partial charge in [0.05, 0.1) is 25.4 Å². The fraction of sp³-hybridized carbons (Fsp3) is 0.811. The van der Waals surface area contributed by atoms with Crippen LogP contribution in [0.4, 0.5) is 0 Å². The second-order valence-electron chi connectivity index (χ2n) is 17.1. The third kappa shape index (κ3) is 45.2. The molecule has 0 aliphatic carbocycles. The summed E-state index contributed by atoms with van der Waals surface area (Å²) in [5.74, 6) is -0.153. The van der Waals surface area contributed by atoms with E-state index in [4.69, 9.17) is 4.74 Å². The Morgan fingerprint density at radius 1 is 0.475 bits per heavy atom. The van der Waals surface area contributed by atoms with Crippen molar-refractivity contribution in [1.82, 2.24) is 5.32 Å². The number of ether oxygens (including phenoxy) is 1. The average molecular weight is 828 g/mol. The highest BCUT2D eigenvalue weighted by Gasteiger charge is 2.18. The molecule has 344 valence electrons. The van der Waals surface area contributed by atoms with Gasteiger partial charge in [0.25, 0.3) is 0 Å². The summed E-state index contributed by atoms with van der Waals surface area (Å²) in [6.45, 7) is 4.77. The zero-order valence-corrected chi connectivity index (χ0v) is 39.0. The summed E-state index contributed by atoms with van der Waals surface area (Å²) in [5, 5.41) is 23.0. The van der Waals surface area contributed by atoms with Crippen molar-refractivity contribution in [2.45, 2.75) is 264 Å². The normalized spacial score (nSPS) is 13.1. The molecule has 0 aliphatic heterocycles. The molecule has 0 bridgehead atoms. The van der Waals surface area contributed by atoms with Gasteiger partial charge in [-0.25, -0.2) is 0 Å². The van der Waals surface area contributed by atoms with Crippen LogP contribution in [-0.2, 0) is 14.3 Å². The van der Waals surface area contributed by atoms with E-state index in [1.807, 2.05) is 6.08 Å². The molecule has 3 N–H and O–H groups in total. The molecule has 0 aromatic heterocycles. The fourth-order valence-corrected chi connectivity index (χ4v) is 7.36. The maximum absolute atomic E-state index is 12.4. The van der Waals surface area contributed by atoms with E-state index >= 15 is 0 Å². The average Bonchev–Trinajstić information content (AvgIpc) is 3.24. The summed E-state index contributed by atoms with van der Waals surface area (Å²) in [4.78, 5) is 24.4. The second-order valence-corrected chi connectivity index (χ2v) is 17.1. The first kappa shape index (κ1) is 56.8. The number of hydrogen-bond donors (Lipinski definition) is 3. The first-order valence-electron chi connectivity index (χ1n) is 25.4. The number of amides is 1. The van der Waals surface area contributed by atoms with E-state index in [1.54, 1.807) is 6.08 Å². The third-order valence-electron chi connectivity index (χ3n) is 11.3. The topological polar surface area (TPSA) is 95.9 Å². The molecule has 0 heterocycles.